The molecule has 2 heterocycles. The van der Waals surface area contributed by atoms with Crippen molar-refractivity contribution in [1.82, 2.24) is 14.5 Å². The average Bonchev–Trinajstić information content (AvgIpc) is 2.84. The van der Waals surface area contributed by atoms with Gasteiger partial charge in [0.2, 0.25) is 0 Å². The second-order valence-corrected chi connectivity index (χ2v) is 6.88. The van der Waals surface area contributed by atoms with E-state index in [1.54, 1.807) is 44.8 Å². The molecule has 110 valence electrons. The van der Waals surface area contributed by atoms with Gasteiger partial charge in [-0.1, -0.05) is 0 Å². The molecule has 1 saturated heterocycles. The Balaban J connectivity index is 2.19. The number of carbonyl (C=O) groups excluding carboxylic acids is 2. The van der Waals surface area contributed by atoms with Crippen molar-refractivity contribution in [2.75, 3.05) is 6.54 Å². The van der Waals surface area contributed by atoms with Crippen LogP contribution < -0.4 is 0 Å². The Morgan fingerprint density at radius 3 is 2.65 bits per heavy atom. The molecule has 0 spiro atoms. The van der Waals surface area contributed by atoms with E-state index in [2.05, 4.69) is 20.9 Å². The molecule has 1 fully saturated rings. The predicted octanol–water partition coefficient (Wildman–Crippen LogP) is 2.53. The number of hydrogen-bond acceptors (Lipinski definition) is 4. The van der Waals surface area contributed by atoms with E-state index in [0.29, 0.717) is 17.6 Å². The van der Waals surface area contributed by atoms with Gasteiger partial charge in [-0.15, -0.1) is 0 Å². The van der Waals surface area contributed by atoms with Gasteiger partial charge in [-0.3, -0.25) is 4.79 Å². The minimum Gasteiger partial charge on any atom is -0.443 e. The molecule has 1 aliphatic rings. The summed E-state index contributed by atoms with van der Waals surface area (Å²) in [4.78, 5) is 29.8. The van der Waals surface area contributed by atoms with Crippen LogP contribution in [0.25, 0.3) is 0 Å². The fourth-order valence-corrected chi connectivity index (χ4v) is 2.44. The predicted molar refractivity (Wildman–Crippen MR) is 76.1 cm³/mol. The molecule has 1 unspecified atom stereocenters. The Morgan fingerprint density at radius 1 is 1.50 bits per heavy atom. The molecule has 0 radical (unpaired) electrons. The third kappa shape index (κ3) is 2.72. The number of hydrogen-bond donors (Lipinski definition) is 0. The largest absolute Gasteiger partial charge is 0.443 e. The summed E-state index contributed by atoms with van der Waals surface area (Å²) in [7, 11) is 0. The standard InChI is InChI=1S/C13H18BrN3O3/c1-12(2,3)20-11(19)17-6-5-13(4,10(17)18)16-7-9(14)15-8-16/h7-8H,5-6H2,1-4H3. The number of nitrogens with zero attached hydrogens (tertiary/aromatic N) is 3. The van der Waals surface area contributed by atoms with Crippen LogP contribution >= 0.6 is 15.9 Å². The Hall–Kier alpha value is -1.37. The highest BCUT2D eigenvalue weighted by Gasteiger charge is 2.47. The number of aromatic nitrogens is 2. The highest BCUT2D eigenvalue weighted by atomic mass is 79.9. The Kier molecular flexibility index (Phi) is 3.66. The van der Waals surface area contributed by atoms with E-state index < -0.39 is 17.2 Å². The summed E-state index contributed by atoms with van der Waals surface area (Å²) in [6.45, 7) is 7.47. The quantitative estimate of drug-likeness (QED) is 0.785. The number of carbonyl (C=O) groups is 2. The van der Waals surface area contributed by atoms with Crippen molar-refractivity contribution in [2.45, 2.75) is 45.3 Å². The smallest absolute Gasteiger partial charge is 0.417 e. The van der Waals surface area contributed by atoms with Gasteiger partial charge < -0.3 is 9.30 Å². The van der Waals surface area contributed by atoms with Gasteiger partial charge in [-0.2, -0.15) is 0 Å². The number of ether oxygens (including phenoxy) is 1. The lowest BCUT2D eigenvalue weighted by atomic mass is 10.0. The maximum atomic E-state index is 12.5. The molecule has 1 aromatic rings. The number of likely N-dealkylation sites (tertiary alicyclic amines) is 1. The van der Waals surface area contributed by atoms with Crippen LogP contribution in [0.3, 0.4) is 0 Å². The molecular weight excluding hydrogens is 326 g/mol. The summed E-state index contributed by atoms with van der Waals surface area (Å²) < 4.78 is 7.64. The lowest BCUT2D eigenvalue weighted by Crippen LogP contribution is -2.44. The first-order chi connectivity index (χ1) is 9.13. The van der Waals surface area contributed by atoms with E-state index in [1.165, 1.54) is 4.90 Å². The third-order valence-corrected chi connectivity index (χ3v) is 3.67. The van der Waals surface area contributed by atoms with Crippen molar-refractivity contribution in [3.8, 4) is 0 Å². The van der Waals surface area contributed by atoms with Gasteiger partial charge >= 0.3 is 6.09 Å². The van der Waals surface area contributed by atoms with Gasteiger partial charge in [-0.05, 0) is 50.0 Å². The molecule has 6 nitrogen and oxygen atoms in total. The van der Waals surface area contributed by atoms with Crippen molar-refractivity contribution < 1.29 is 14.3 Å². The molecule has 0 bridgehead atoms. The number of rotatable bonds is 1. The fourth-order valence-electron chi connectivity index (χ4n) is 2.13. The minimum absolute atomic E-state index is 0.267. The summed E-state index contributed by atoms with van der Waals surface area (Å²) in [6, 6.07) is 0. The van der Waals surface area contributed by atoms with Crippen LogP contribution in [0, 0.1) is 0 Å². The van der Waals surface area contributed by atoms with E-state index in [1.807, 2.05) is 0 Å². The highest BCUT2D eigenvalue weighted by molar-refractivity contribution is 9.10. The molecule has 2 rings (SSSR count). The maximum absolute atomic E-state index is 12.5. The molecule has 0 saturated carbocycles. The number of halogens is 1. The van der Waals surface area contributed by atoms with Gasteiger partial charge in [-0.25, -0.2) is 14.7 Å². The summed E-state index contributed by atoms with van der Waals surface area (Å²) >= 11 is 3.26. The second-order valence-electron chi connectivity index (χ2n) is 6.06. The number of amides is 2. The topological polar surface area (TPSA) is 64.4 Å². The third-order valence-electron chi connectivity index (χ3n) is 3.26. The normalized spacial score (nSPS) is 23.2. The zero-order valence-electron chi connectivity index (χ0n) is 12.0. The van der Waals surface area contributed by atoms with Crippen LogP contribution in [0.15, 0.2) is 17.1 Å². The van der Waals surface area contributed by atoms with E-state index in [0.717, 1.165) is 0 Å². The monoisotopic (exact) mass is 343 g/mol. The van der Waals surface area contributed by atoms with Crippen molar-refractivity contribution in [3.63, 3.8) is 0 Å². The number of imide groups is 1. The Morgan fingerprint density at radius 2 is 2.15 bits per heavy atom. The van der Waals surface area contributed by atoms with Crippen molar-refractivity contribution in [2.24, 2.45) is 0 Å². The van der Waals surface area contributed by atoms with Crippen molar-refractivity contribution >= 4 is 27.9 Å². The molecule has 1 aliphatic heterocycles. The van der Waals surface area contributed by atoms with Gasteiger partial charge in [0.05, 0.1) is 6.33 Å². The lowest BCUT2D eigenvalue weighted by Gasteiger charge is -2.26. The van der Waals surface area contributed by atoms with Gasteiger partial charge in [0.1, 0.15) is 15.7 Å². The first-order valence-electron chi connectivity index (χ1n) is 6.38. The maximum Gasteiger partial charge on any atom is 0.417 e. The Bertz CT molecular complexity index is 549. The van der Waals surface area contributed by atoms with Crippen LogP contribution in [0.2, 0.25) is 0 Å². The van der Waals surface area contributed by atoms with Crippen molar-refractivity contribution in [3.05, 3.63) is 17.1 Å². The summed E-state index contributed by atoms with van der Waals surface area (Å²) in [5.41, 5.74) is -1.41. The lowest BCUT2D eigenvalue weighted by molar-refractivity contribution is -0.133. The van der Waals surface area contributed by atoms with Crippen LogP contribution in [-0.4, -0.2) is 38.6 Å². The minimum atomic E-state index is -0.796. The van der Waals surface area contributed by atoms with Gasteiger partial charge in [0.25, 0.3) is 5.91 Å². The summed E-state index contributed by atoms with van der Waals surface area (Å²) in [5, 5.41) is 0. The molecule has 20 heavy (non-hydrogen) atoms. The SMILES string of the molecule is CC(C)(C)OC(=O)N1CCC(C)(n2cnc(Br)c2)C1=O. The summed E-state index contributed by atoms with van der Waals surface area (Å²) in [6.07, 6.45) is 3.26. The zero-order valence-corrected chi connectivity index (χ0v) is 13.6. The second kappa shape index (κ2) is 4.87. The van der Waals surface area contributed by atoms with E-state index in [-0.39, 0.29) is 5.91 Å². The van der Waals surface area contributed by atoms with E-state index in [9.17, 15) is 9.59 Å². The Labute approximate surface area is 126 Å². The first kappa shape index (κ1) is 15.0. The van der Waals surface area contributed by atoms with Crippen molar-refractivity contribution in [1.29, 1.82) is 0 Å². The van der Waals surface area contributed by atoms with E-state index in [4.69, 9.17) is 4.74 Å². The molecule has 0 aromatic carbocycles. The van der Waals surface area contributed by atoms with Gasteiger partial charge in [0.15, 0.2) is 0 Å². The highest BCUT2D eigenvalue weighted by Crippen LogP contribution is 2.32. The molecule has 0 aliphatic carbocycles. The fraction of sp³-hybridized carbons (Fsp3) is 0.615. The average molecular weight is 344 g/mol. The molecule has 7 heteroatoms. The first-order valence-corrected chi connectivity index (χ1v) is 7.18. The zero-order chi connectivity index (χ0) is 15.1. The summed E-state index contributed by atoms with van der Waals surface area (Å²) in [5.74, 6) is -0.267. The molecular formula is C13H18BrN3O3. The van der Waals surface area contributed by atoms with Crippen LogP contribution in [0.5, 0.6) is 0 Å². The molecule has 1 atom stereocenters. The van der Waals surface area contributed by atoms with E-state index >= 15 is 0 Å². The molecule has 2 amide bonds. The number of imidazole rings is 1. The van der Waals surface area contributed by atoms with Crippen LogP contribution in [0.4, 0.5) is 4.79 Å². The van der Waals surface area contributed by atoms with Gasteiger partial charge in [0, 0.05) is 12.7 Å². The van der Waals surface area contributed by atoms with Crippen LogP contribution in [0.1, 0.15) is 34.1 Å². The molecule has 1 aromatic heterocycles. The van der Waals surface area contributed by atoms with Crippen LogP contribution in [-0.2, 0) is 15.1 Å². The molecule has 0 N–H and O–H groups in total.